The molecule has 1 aromatic carbocycles. The molecule has 1 fully saturated rings. The molecule has 196 valence electrons. The van der Waals surface area contributed by atoms with Gasteiger partial charge in [0.2, 0.25) is 18.0 Å². The van der Waals surface area contributed by atoms with E-state index in [0.717, 1.165) is 34.4 Å². The maximum atomic E-state index is 13.8. The molecule has 0 bridgehead atoms. The van der Waals surface area contributed by atoms with Gasteiger partial charge in [0.25, 0.3) is 5.91 Å². The van der Waals surface area contributed by atoms with Gasteiger partial charge in [-0.1, -0.05) is 18.2 Å². The molecule has 0 unspecified atom stereocenters. The number of ether oxygens (including phenoxy) is 4. The monoisotopic (exact) mass is 536 g/mol. The predicted molar refractivity (Wildman–Crippen MR) is 136 cm³/mol. The summed E-state index contributed by atoms with van der Waals surface area (Å²) in [6, 6.07) is 11.2. The van der Waals surface area contributed by atoms with Crippen LogP contribution in [-0.4, -0.2) is 66.4 Å². The van der Waals surface area contributed by atoms with Crippen molar-refractivity contribution in [2.75, 3.05) is 38.7 Å². The summed E-state index contributed by atoms with van der Waals surface area (Å²) >= 11 is 1.73. The minimum absolute atomic E-state index is 0.0501. The first kappa shape index (κ1) is 24.3. The van der Waals surface area contributed by atoms with Crippen molar-refractivity contribution in [2.45, 2.75) is 22.9 Å². The zero-order valence-corrected chi connectivity index (χ0v) is 21.3. The number of methoxy groups -OCH3 is 1. The van der Waals surface area contributed by atoms with Gasteiger partial charge in [0.05, 0.1) is 26.4 Å². The van der Waals surface area contributed by atoms with Gasteiger partial charge >= 0.3 is 6.16 Å². The molecule has 11 nitrogen and oxygen atoms in total. The molecule has 1 saturated heterocycles. The van der Waals surface area contributed by atoms with Crippen LogP contribution in [0.5, 0.6) is 5.75 Å². The zero-order chi connectivity index (χ0) is 26.2. The highest BCUT2D eigenvalue weighted by atomic mass is 32.2. The number of nitrogens with zero attached hydrogens (tertiary/aromatic N) is 4. The third-order valence-electron chi connectivity index (χ3n) is 6.80. The fourth-order valence-corrected chi connectivity index (χ4v) is 6.20. The number of rotatable bonds is 4. The van der Waals surface area contributed by atoms with Crippen molar-refractivity contribution in [2.24, 2.45) is 0 Å². The Hall–Kier alpha value is -4.03. The van der Waals surface area contributed by atoms with E-state index in [2.05, 4.69) is 26.9 Å². The first-order valence-electron chi connectivity index (χ1n) is 12.0. The molecule has 3 aliphatic heterocycles. The Morgan fingerprint density at radius 1 is 1.18 bits per heavy atom. The second-order valence-electron chi connectivity index (χ2n) is 8.80. The molecule has 6 rings (SSSR count). The first-order chi connectivity index (χ1) is 18.6. The Bertz CT molecular complexity index is 1410. The summed E-state index contributed by atoms with van der Waals surface area (Å²) < 4.78 is 22.4. The molecular formula is C26H24N4O7S. The highest BCUT2D eigenvalue weighted by molar-refractivity contribution is 7.98. The van der Waals surface area contributed by atoms with Crippen LogP contribution < -0.4 is 15.2 Å². The molecule has 0 aliphatic carbocycles. The van der Waals surface area contributed by atoms with Gasteiger partial charge in [-0.15, -0.1) is 11.8 Å². The van der Waals surface area contributed by atoms with Crippen molar-refractivity contribution in [3.63, 3.8) is 0 Å². The lowest BCUT2D eigenvalue weighted by molar-refractivity contribution is -0.0209. The third kappa shape index (κ3) is 4.05. The maximum absolute atomic E-state index is 13.8. The Labute approximate surface area is 221 Å². The summed E-state index contributed by atoms with van der Waals surface area (Å²) in [4.78, 5) is 45.4. The zero-order valence-electron chi connectivity index (χ0n) is 20.4. The molecule has 0 radical (unpaired) electrons. The molecule has 0 N–H and O–H groups in total. The van der Waals surface area contributed by atoms with E-state index >= 15 is 0 Å². The average molecular weight is 537 g/mol. The van der Waals surface area contributed by atoms with Crippen LogP contribution in [-0.2, 0) is 20.0 Å². The van der Waals surface area contributed by atoms with Gasteiger partial charge in [0, 0.05) is 41.8 Å². The number of carbonyl (C=O) groups excluding carboxylic acids is 2. The lowest BCUT2D eigenvalue weighted by Crippen LogP contribution is -2.66. The Kier molecular flexibility index (Phi) is 6.42. The molecular weight excluding hydrogens is 512 g/mol. The van der Waals surface area contributed by atoms with Crippen molar-refractivity contribution in [1.82, 2.24) is 14.6 Å². The molecule has 12 heteroatoms. The summed E-state index contributed by atoms with van der Waals surface area (Å²) in [7, 11) is 1.16. The molecule has 3 aliphatic rings. The third-order valence-corrected chi connectivity index (χ3v) is 7.94. The number of aromatic nitrogens is 2. The van der Waals surface area contributed by atoms with Crippen LogP contribution in [0.1, 0.15) is 33.2 Å². The fraction of sp³-hybridized carbons (Fsp3) is 0.308. The lowest BCUT2D eigenvalue weighted by Gasteiger charge is -2.51. The second kappa shape index (κ2) is 10.0. The molecule has 0 saturated carbocycles. The summed E-state index contributed by atoms with van der Waals surface area (Å²) in [5, 5.41) is 2.06. The Morgan fingerprint density at radius 2 is 2.05 bits per heavy atom. The summed E-state index contributed by atoms with van der Waals surface area (Å²) in [5.74, 6) is 0.166. The fourth-order valence-electron chi connectivity index (χ4n) is 5.13. The van der Waals surface area contributed by atoms with Crippen LogP contribution in [0.25, 0.3) is 0 Å². The van der Waals surface area contributed by atoms with E-state index in [4.69, 9.17) is 14.2 Å². The number of morpholine rings is 1. The van der Waals surface area contributed by atoms with Gasteiger partial charge in [-0.05, 0) is 28.8 Å². The molecule has 5 heterocycles. The van der Waals surface area contributed by atoms with Gasteiger partial charge in [0.1, 0.15) is 6.17 Å². The molecule has 38 heavy (non-hydrogen) atoms. The number of amides is 1. The molecule has 0 spiro atoms. The SMILES string of the molecule is COC(=O)OCOc1c2n(ccc1=O)N([C@H]1c3ccncc3CSc3ccccc31)[C@@H]1COCCN1C2=O. The van der Waals surface area contributed by atoms with Crippen LogP contribution in [0, 0.1) is 0 Å². The van der Waals surface area contributed by atoms with E-state index in [1.54, 1.807) is 33.7 Å². The van der Waals surface area contributed by atoms with Crippen LogP contribution in [0.3, 0.4) is 0 Å². The van der Waals surface area contributed by atoms with Gasteiger partial charge in [0.15, 0.2) is 5.69 Å². The van der Waals surface area contributed by atoms with Crippen LogP contribution in [0.2, 0.25) is 0 Å². The van der Waals surface area contributed by atoms with Crippen molar-refractivity contribution < 1.29 is 28.5 Å². The summed E-state index contributed by atoms with van der Waals surface area (Å²) in [6.07, 6.45) is 3.80. The number of hydrogen-bond donors (Lipinski definition) is 0. The number of thioether (sulfide) groups is 1. The van der Waals surface area contributed by atoms with Crippen LogP contribution in [0.15, 0.2) is 64.7 Å². The van der Waals surface area contributed by atoms with Crippen molar-refractivity contribution in [1.29, 1.82) is 0 Å². The molecule has 2 aromatic heterocycles. The highest BCUT2D eigenvalue weighted by Gasteiger charge is 2.46. The second-order valence-corrected chi connectivity index (χ2v) is 9.82. The standard InChI is InChI=1S/C26H24N4O7S/c1-34-26(33)37-15-36-24-19(31)7-9-29-23(24)25(32)28-10-11-35-13-21(28)30(29)22-17-6-8-27-12-16(17)14-38-20-5-3-2-4-18(20)22/h2-9,12,21-22H,10-11,13-15H2,1H3/t21-,22+/m1/s1. The molecule has 3 aromatic rings. The number of hydrogen-bond acceptors (Lipinski definition) is 10. The van der Waals surface area contributed by atoms with Crippen LogP contribution >= 0.6 is 11.8 Å². The summed E-state index contributed by atoms with van der Waals surface area (Å²) in [6.45, 7) is 0.404. The average Bonchev–Trinajstić information content (AvgIpc) is 3.11. The van der Waals surface area contributed by atoms with E-state index in [-0.39, 0.29) is 30.0 Å². The normalized spacial score (nSPS) is 19.9. The van der Waals surface area contributed by atoms with Gasteiger partial charge in [-0.3, -0.25) is 24.3 Å². The topological polar surface area (TPSA) is 112 Å². The quantitative estimate of drug-likeness (QED) is 0.364. The maximum Gasteiger partial charge on any atom is 0.510 e. The van der Waals surface area contributed by atoms with E-state index < -0.39 is 24.5 Å². The molecule has 1 amide bonds. The van der Waals surface area contributed by atoms with Crippen molar-refractivity contribution in [3.05, 3.63) is 87.6 Å². The minimum atomic E-state index is -0.964. The van der Waals surface area contributed by atoms with E-state index in [1.165, 1.54) is 6.07 Å². The van der Waals surface area contributed by atoms with Gasteiger partial charge in [-0.25, -0.2) is 4.79 Å². The Morgan fingerprint density at radius 3 is 2.92 bits per heavy atom. The number of pyridine rings is 2. The minimum Gasteiger partial charge on any atom is -0.451 e. The lowest BCUT2D eigenvalue weighted by atomic mass is 9.94. The van der Waals surface area contributed by atoms with Crippen molar-refractivity contribution in [3.8, 4) is 5.75 Å². The van der Waals surface area contributed by atoms with E-state index in [0.29, 0.717) is 13.2 Å². The first-order valence-corrected chi connectivity index (χ1v) is 13.0. The number of carbonyl (C=O) groups is 2. The van der Waals surface area contributed by atoms with Gasteiger partial charge in [-0.2, -0.15) is 0 Å². The van der Waals surface area contributed by atoms with Crippen LogP contribution in [0.4, 0.5) is 4.79 Å². The van der Waals surface area contributed by atoms with E-state index in [9.17, 15) is 14.4 Å². The van der Waals surface area contributed by atoms with Crippen molar-refractivity contribution >= 4 is 23.8 Å². The number of benzene rings is 1. The summed E-state index contributed by atoms with van der Waals surface area (Å²) in [5.41, 5.74) is 2.71. The molecule has 2 atom stereocenters. The number of fused-ring (bicyclic) bond motifs is 4. The highest BCUT2D eigenvalue weighted by Crippen LogP contribution is 2.44. The predicted octanol–water partition coefficient (Wildman–Crippen LogP) is 2.51. The smallest absolute Gasteiger partial charge is 0.451 e. The Balaban J connectivity index is 1.55. The van der Waals surface area contributed by atoms with Gasteiger partial charge < -0.3 is 23.8 Å². The largest absolute Gasteiger partial charge is 0.510 e. The van der Waals surface area contributed by atoms with E-state index in [1.807, 2.05) is 24.4 Å².